The van der Waals surface area contributed by atoms with Crippen molar-refractivity contribution < 1.29 is 24.5 Å². The Labute approximate surface area is 95.4 Å². The minimum atomic E-state index is -1.46. The third-order valence-corrected chi connectivity index (χ3v) is 1.94. The Bertz CT molecular complexity index is 269. The Morgan fingerprint density at radius 2 is 1.62 bits per heavy atom. The molecule has 0 rings (SSSR count). The van der Waals surface area contributed by atoms with Crippen LogP contribution in [-0.2, 0) is 14.3 Å². The van der Waals surface area contributed by atoms with E-state index in [2.05, 4.69) is 0 Å². The molecule has 0 saturated carbocycles. The fraction of sp³-hybridized carbons (Fsp3) is 0.818. The smallest absolute Gasteiger partial charge is 0.310 e. The summed E-state index contributed by atoms with van der Waals surface area (Å²) in [5.74, 6) is -3.00. The average molecular weight is 232 g/mol. The van der Waals surface area contributed by atoms with Gasteiger partial charge >= 0.3 is 11.9 Å². The normalized spacial score (nSPS) is 14.4. The molecule has 0 aliphatic rings. The number of hydrogen-bond donors (Lipinski definition) is 2. The van der Waals surface area contributed by atoms with Gasteiger partial charge in [-0.05, 0) is 34.6 Å². The zero-order valence-electron chi connectivity index (χ0n) is 10.4. The summed E-state index contributed by atoms with van der Waals surface area (Å²) in [6.45, 7) is 7.81. The van der Waals surface area contributed by atoms with Gasteiger partial charge in [0, 0.05) is 0 Å². The maximum atomic E-state index is 11.4. The predicted molar refractivity (Wildman–Crippen MR) is 57.9 cm³/mol. The number of carboxylic acid groups (broad SMARTS) is 1. The topological polar surface area (TPSA) is 83.8 Å². The molecule has 0 aromatic carbocycles. The molecule has 0 saturated heterocycles. The van der Waals surface area contributed by atoms with E-state index >= 15 is 0 Å². The van der Waals surface area contributed by atoms with Crippen LogP contribution in [0.1, 0.15) is 41.0 Å². The van der Waals surface area contributed by atoms with Crippen LogP contribution in [0.4, 0.5) is 0 Å². The second kappa shape index (κ2) is 4.82. The Balaban J connectivity index is 4.56. The van der Waals surface area contributed by atoms with Crippen molar-refractivity contribution in [3.8, 4) is 0 Å². The van der Waals surface area contributed by atoms with Gasteiger partial charge < -0.3 is 14.9 Å². The number of rotatable bonds is 4. The van der Waals surface area contributed by atoms with Crippen molar-refractivity contribution in [2.24, 2.45) is 5.92 Å². The molecule has 0 fully saturated rings. The van der Waals surface area contributed by atoms with Crippen LogP contribution >= 0.6 is 0 Å². The first-order valence-electron chi connectivity index (χ1n) is 5.10. The Morgan fingerprint density at radius 1 is 1.19 bits per heavy atom. The lowest BCUT2D eigenvalue weighted by Crippen LogP contribution is -2.39. The van der Waals surface area contributed by atoms with E-state index in [1.54, 1.807) is 20.8 Å². The molecule has 1 atom stereocenters. The van der Waals surface area contributed by atoms with Crippen LogP contribution in [0.3, 0.4) is 0 Å². The highest BCUT2D eigenvalue weighted by atomic mass is 16.6. The molecule has 0 heterocycles. The van der Waals surface area contributed by atoms with Gasteiger partial charge in [-0.3, -0.25) is 9.59 Å². The summed E-state index contributed by atoms with van der Waals surface area (Å²) in [7, 11) is 0. The van der Waals surface area contributed by atoms with Gasteiger partial charge in [0.25, 0.3) is 0 Å². The van der Waals surface area contributed by atoms with Crippen molar-refractivity contribution in [3.05, 3.63) is 0 Å². The monoisotopic (exact) mass is 232 g/mol. The van der Waals surface area contributed by atoms with Crippen LogP contribution in [0.25, 0.3) is 0 Å². The van der Waals surface area contributed by atoms with E-state index in [1.807, 2.05) is 0 Å². The van der Waals surface area contributed by atoms with E-state index in [-0.39, 0.29) is 6.42 Å². The van der Waals surface area contributed by atoms with E-state index in [1.165, 1.54) is 13.8 Å². The van der Waals surface area contributed by atoms with Crippen molar-refractivity contribution in [2.75, 3.05) is 0 Å². The second-order valence-corrected chi connectivity index (χ2v) is 5.34. The van der Waals surface area contributed by atoms with E-state index in [0.717, 1.165) is 0 Å². The van der Waals surface area contributed by atoms with Crippen molar-refractivity contribution in [1.82, 2.24) is 0 Å². The van der Waals surface area contributed by atoms with E-state index in [0.29, 0.717) is 0 Å². The van der Waals surface area contributed by atoms with Gasteiger partial charge in [0.15, 0.2) is 0 Å². The standard InChI is InChI=1S/C11H20O5/c1-10(2,3)16-8(12)6-7(9(13)14)11(4,5)15/h7,15H,6H2,1-5H3,(H,13,14)/t7-/m1/s1. The van der Waals surface area contributed by atoms with Crippen molar-refractivity contribution >= 4 is 11.9 Å². The zero-order valence-corrected chi connectivity index (χ0v) is 10.4. The van der Waals surface area contributed by atoms with E-state index < -0.39 is 29.1 Å². The van der Waals surface area contributed by atoms with Gasteiger partial charge in [0.2, 0.25) is 0 Å². The molecule has 0 aromatic rings. The predicted octanol–water partition coefficient (Wildman–Crippen LogP) is 1.19. The number of carboxylic acids is 1. The highest BCUT2D eigenvalue weighted by Crippen LogP contribution is 2.22. The lowest BCUT2D eigenvalue weighted by Gasteiger charge is -2.26. The molecule has 2 N–H and O–H groups in total. The van der Waals surface area contributed by atoms with Crippen LogP contribution in [0.2, 0.25) is 0 Å². The molecule has 0 aliphatic heterocycles. The molecule has 0 amide bonds. The molecule has 94 valence electrons. The molecule has 16 heavy (non-hydrogen) atoms. The SMILES string of the molecule is CC(C)(C)OC(=O)C[C@H](C(=O)O)C(C)(C)O. The van der Waals surface area contributed by atoms with Gasteiger partial charge in [-0.25, -0.2) is 0 Å². The first kappa shape index (κ1) is 14.9. The Kier molecular flexibility index (Phi) is 4.49. The van der Waals surface area contributed by atoms with Crippen LogP contribution in [-0.4, -0.2) is 33.4 Å². The second-order valence-electron chi connectivity index (χ2n) is 5.34. The van der Waals surface area contributed by atoms with Gasteiger partial charge in [-0.2, -0.15) is 0 Å². The summed E-state index contributed by atoms with van der Waals surface area (Å²) < 4.78 is 5.00. The summed E-state index contributed by atoms with van der Waals surface area (Å²) in [5, 5.41) is 18.5. The van der Waals surface area contributed by atoms with Gasteiger partial charge in [-0.1, -0.05) is 0 Å². The number of aliphatic carboxylic acids is 1. The number of ether oxygens (including phenoxy) is 1. The van der Waals surface area contributed by atoms with E-state index in [9.17, 15) is 14.7 Å². The zero-order chi connectivity index (χ0) is 13.1. The Morgan fingerprint density at radius 3 is 1.88 bits per heavy atom. The van der Waals surface area contributed by atoms with Crippen LogP contribution in [0.5, 0.6) is 0 Å². The fourth-order valence-corrected chi connectivity index (χ4v) is 1.19. The lowest BCUT2D eigenvalue weighted by molar-refractivity contribution is -0.165. The largest absolute Gasteiger partial charge is 0.481 e. The number of hydrogen-bond acceptors (Lipinski definition) is 4. The molecule has 0 spiro atoms. The highest BCUT2D eigenvalue weighted by Gasteiger charge is 2.36. The molecule has 5 heteroatoms. The van der Waals surface area contributed by atoms with Gasteiger partial charge in [0.1, 0.15) is 5.60 Å². The molecule has 0 aromatic heterocycles. The number of carbonyl (C=O) groups is 2. The molecule has 0 unspecified atom stereocenters. The van der Waals surface area contributed by atoms with Crippen molar-refractivity contribution in [2.45, 2.75) is 52.2 Å². The summed E-state index contributed by atoms with van der Waals surface area (Å²) in [6, 6.07) is 0. The van der Waals surface area contributed by atoms with E-state index in [4.69, 9.17) is 9.84 Å². The molecule has 0 aliphatic carbocycles. The maximum absolute atomic E-state index is 11.4. The third kappa shape index (κ3) is 5.70. The Hall–Kier alpha value is -1.10. The number of aliphatic hydroxyl groups is 1. The number of carbonyl (C=O) groups excluding carboxylic acids is 1. The highest BCUT2D eigenvalue weighted by molar-refractivity contribution is 5.79. The quantitative estimate of drug-likeness (QED) is 0.711. The summed E-state index contributed by atoms with van der Waals surface area (Å²) >= 11 is 0. The van der Waals surface area contributed by atoms with Crippen molar-refractivity contribution in [3.63, 3.8) is 0 Å². The molecule has 5 nitrogen and oxygen atoms in total. The minimum Gasteiger partial charge on any atom is -0.481 e. The minimum absolute atomic E-state index is 0.337. The van der Waals surface area contributed by atoms with Gasteiger partial charge in [0.05, 0.1) is 17.9 Å². The van der Waals surface area contributed by atoms with Crippen LogP contribution in [0, 0.1) is 5.92 Å². The van der Waals surface area contributed by atoms with Crippen LogP contribution < -0.4 is 0 Å². The molecule has 0 radical (unpaired) electrons. The third-order valence-electron chi connectivity index (χ3n) is 1.94. The number of esters is 1. The first-order valence-corrected chi connectivity index (χ1v) is 5.10. The summed E-state index contributed by atoms with van der Waals surface area (Å²) in [6.07, 6.45) is -0.337. The molecular weight excluding hydrogens is 212 g/mol. The molecular formula is C11H20O5. The summed E-state index contributed by atoms with van der Waals surface area (Å²) in [5.41, 5.74) is -2.11. The lowest BCUT2D eigenvalue weighted by atomic mass is 9.88. The van der Waals surface area contributed by atoms with Gasteiger partial charge in [-0.15, -0.1) is 0 Å². The molecule has 0 bridgehead atoms. The average Bonchev–Trinajstić information content (AvgIpc) is 1.93. The summed E-state index contributed by atoms with van der Waals surface area (Å²) in [4.78, 5) is 22.3. The van der Waals surface area contributed by atoms with Crippen molar-refractivity contribution in [1.29, 1.82) is 0 Å². The fourth-order valence-electron chi connectivity index (χ4n) is 1.19. The maximum Gasteiger partial charge on any atom is 0.310 e. The van der Waals surface area contributed by atoms with Crippen LogP contribution in [0.15, 0.2) is 0 Å². The first-order chi connectivity index (χ1) is 6.93.